The SMILES string of the molecule is CCOC(=O)c1coc(C2c3cc(C(F)(F)F)ccc3N(C(=O)OCC)C(CC)C2N)n1. The van der Waals surface area contributed by atoms with Crippen molar-refractivity contribution in [2.75, 3.05) is 18.1 Å². The maximum atomic E-state index is 13.5. The highest BCUT2D eigenvalue weighted by Crippen LogP contribution is 2.44. The number of nitrogens with two attached hydrogens (primary N) is 1. The predicted octanol–water partition coefficient (Wildman–Crippen LogP) is 4.08. The van der Waals surface area contributed by atoms with Crippen molar-refractivity contribution in [2.45, 2.75) is 51.4 Å². The largest absolute Gasteiger partial charge is 0.461 e. The smallest absolute Gasteiger partial charge is 0.416 e. The van der Waals surface area contributed by atoms with Crippen molar-refractivity contribution >= 4 is 17.7 Å². The minimum absolute atomic E-state index is 0.0388. The average molecular weight is 455 g/mol. The summed E-state index contributed by atoms with van der Waals surface area (Å²) in [5, 5.41) is 0. The highest BCUT2D eigenvalue weighted by atomic mass is 19.4. The summed E-state index contributed by atoms with van der Waals surface area (Å²) in [5.41, 5.74) is 5.74. The molecule has 2 aromatic rings. The average Bonchev–Trinajstić information content (AvgIpc) is 3.21. The van der Waals surface area contributed by atoms with Gasteiger partial charge in [0.25, 0.3) is 0 Å². The van der Waals surface area contributed by atoms with Gasteiger partial charge in [0.2, 0.25) is 5.89 Å². The van der Waals surface area contributed by atoms with E-state index < -0.39 is 41.8 Å². The molecule has 1 aromatic heterocycles. The summed E-state index contributed by atoms with van der Waals surface area (Å²) in [5.74, 6) is -1.70. The van der Waals surface area contributed by atoms with Crippen LogP contribution in [0.3, 0.4) is 0 Å². The molecule has 3 unspecified atom stereocenters. The Morgan fingerprint density at radius 3 is 2.47 bits per heavy atom. The standard InChI is InChI=1S/C21H24F3N3O5/c1-4-14-17(25)16(18-26-13(10-32-18)19(28)30-5-2)12-9-11(21(22,23)24)7-8-15(12)27(14)20(29)31-6-3/h7-10,14,16-17H,4-6,25H2,1-3H3. The van der Waals surface area contributed by atoms with Crippen LogP contribution in [-0.2, 0) is 15.7 Å². The van der Waals surface area contributed by atoms with Gasteiger partial charge in [-0.05, 0) is 44.0 Å². The summed E-state index contributed by atoms with van der Waals surface area (Å²) in [7, 11) is 0. The van der Waals surface area contributed by atoms with Gasteiger partial charge in [0, 0.05) is 6.04 Å². The first-order valence-corrected chi connectivity index (χ1v) is 10.2. The summed E-state index contributed by atoms with van der Waals surface area (Å²) in [4.78, 5) is 30.1. The molecule has 11 heteroatoms. The third kappa shape index (κ3) is 4.29. The van der Waals surface area contributed by atoms with Gasteiger partial charge in [0.1, 0.15) is 6.26 Å². The van der Waals surface area contributed by atoms with E-state index in [1.807, 2.05) is 0 Å². The van der Waals surface area contributed by atoms with Crippen LogP contribution in [0.4, 0.5) is 23.7 Å². The van der Waals surface area contributed by atoms with Crippen LogP contribution in [0.5, 0.6) is 0 Å². The lowest BCUT2D eigenvalue weighted by Crippen LogP contribution is -2.56. The van der Waals surface area contributed by atoms with Crippen molar-refractivity contribution in [3.8, 4) is 0 Å². The first kappa shape index (κ1) is 23.6. The summed E-state index contributed by atoms with van der Waals surface area (Å²) in [6.07, 6.45) is -3.87. The molecule has 2 heterocycles. The van der Waals surface area contributed by atoms with Crippen LogP contribution < -0.4 is 10.6 Å². The molecule has 0 radical (unpaired) electrons. The van der Waals surface area contributed by atoms with E-state index in [2.05, 4.69) is 4.98 Å². The van der Waals surface area contributed by atoms with Gasteiger partial charge in [-0.25, -0.2) is 14.6 Å². The molecule has 1 aliphatic heterocycles. The second kappa shape index (κ2) is 9.19. The Morgan fingerprint density at radius 1 is 1.19 bits per heavy atom. The number of esters is 1. The van der Waals surface area contributed by atoms with E-state index in [9.17, 15) is 22.8 Å². The van der Waals surface area contributed by atoms with Crippen LogP contribution >= 0.6 is 0 Å². The Hall–Kier alpha value is -3.08. The van der Waals surface area contributed by atoms with E-state index in [1.165, 1.54) is 11.0 Å². The number of halogens is 3. The molecule has 3 atom stereocenters. The van der Waals surface area contributed by atoms with E-state index >= 15 is 0 Å². The molecule has 0 saturated heterocycles. The number of hydrogen-bond donors (Lipinski definition) is 1. The number of alkyl halides is 3. The number of carbonyl (C=O) groups excluding carboxylic acids is 2. The summed E-state index contributed by atoms with van der Waals surface area (Å²) in [6.45, 7) is 5.25. The molecular formula is C21H24F3N3O5. The molecule has 3 rings (SSSR count). The van der Waals surface area contributed by atoms with Gasteiger partial charge >= 0.3 is 18.2 Å². The molecule has 0 aliphatic carbocycles. The lowest BCUT2D eigenvalue weighted by molar-refractivity contribution is -0.137. The van der Waals surface area contributed by atoms with Crippen LogP contribution in [0.15, 0.2) is 28.9 Å². The van der Waals surface area contributed by atoms with Gasteiger partial charge in [-0.1, -0.05) is 6.92 Å². The van der Waals surface area contributed by atoms with Gasteiger partial charge in [-0.3, -0.25) is 4.90 Å². The summed E-state index contributed by atoms with van der Waals surface area (Å²) >= 11 is 0. The fourth-order valence-electron chi connectivity index (χ4n) is 3.89. The third-order valence-corrected chi connectivity index (χ3v) is 5.27. The zero-order valence-corrected chi connectivity index (χ0v) is 17.8. The van der Waals surface area contributed by atoms with Crippen molar-refractivity contribution in [3.63, 3.8) is 0 Å². The minimum Gasteiger partial charge on any atom is -0.461 e. The highest BCUT2D eigenvalue weighted by molar-refractivity contribution is 5.91. The van der Waals surface area contributed by atoms with Crippen molar-refractivity contribution in [1.82, 2.24) is 4.98 Å². The fourth-order valence-corrected chi connectivity index (χ4v) is 3.89. The zero-order valence-electron chi connectivity index (χ0n) is 17.8. The second-order valence-electron chi connectivity index (χ2n) is 7.16. The number of ether oxygens (including phenoxy) is 2. The normalized spacial score (nSPS) is 20.6. The van der Waals surface area contributed by atoms with Crippen LogP contribution in [0.25, 0.3) is 0 Å². The number of aromatic nitrogens is 1. The molecule has 1 aliphatic rings. The first-order valence-electron chi connectivity index (χ1n) is 10.2. The Morgan fingerprint density at radius 2 is 1.88 bits per heavy atom. The van der Waals surface area contributed by atoms with Gasteiger partial charge in [-0.15, -0.1) is 0 Å². The molecule has 32 heavy (non-hydrogen) atoms. The Balaban J connectivity index is 2.18. The first-order chi connectivity index (χ1) is 15.1. The van der Waals surface area contributed by atoms with E-state index in [0.29, 0.717) is 6.42 Å². The minimum atomic E-state index is -4.62. The number of anilines is 1. The van der Waals surface area contributed by atoms with Gasteiger partial charge in [0.15, 0.2) is 5.69 Å². The van der Waals surface area contributed by atoms with E-state index in [-0.39, 0.29) is 36.0 Å². The lowest BCUT2D eigenvalue weighted by Gasteiger charge is -2.43. The maximum Gasteiger partial charge on any atom is 0.416 e. The van der Waals surface area contributed by atoms with Gasteiger partial charge in [0.05, 0.1) is 36.4 Å². The molecular weight excluding hydrogens is 431 g/mol. The lowest BCUT2D eigenvalue weighted by atomic mass is 9.80. The number of fused-ring (bicyclic) bond motifs is 1. The summed E-state index contributed by atoms with van der Waals surface area (Å²) in [6, 6.07) is 1.54. The molecule has 174 valence electrons. The number of oxazole rings is 1. The molecule has 1 amide bonds. The van der Waals surface area contributed by atoms with Crippen LogP contribution in [0.1, 0.15) is 60.6 Å². The van der Waals surface area contributed by atoms with Crippen LogP contribution in [0, 0.1) is 0 Å². The quantitative estimate of drug-likeness (QED) is 0.677. The Kier molecular flexibility index (Phi) is 6.77. The monoisotopic (exact) mass is 455 g/mol. The molecule has 2 N–H and O–H groups in total. The highest BCUT2D eigenvalue weighted by Gasteiger charge is 2.45. The van der Waals surface area contributed by atoms with Crippen molar-refractivity contribution in [1.29, 1.82) is 0 Å². The maximum absolute atomic E-state index is 13.5. The van der Waals surface area contributed by atoms with Gasteiger partial charge < -0.3 is 19.6 Å². The Bertz CT molecular complexity index is 991. The number of benzene rings is 1. The third-order valence-electron chi connectivity index (χ3n) is 5.27. The fraction of sp³-hybridized carbons (Fsp3) is 0.476. The van der Waals surface area contributed by atoms with Crippen LogP contribution in [-0.4, -0.2) is 42.3 Å². The number of carbonyl (C=O) groups is 2. The van der Waals surface area contributed by atoms with E-state index in [0.717, 1.165) is 18.4 Å². The van der Waals surface area contributed by atoms with E-state index in [4.69, 9.17) is 19.6 Å². The van der Waals surface area contributed by atoms with Crippen molar-refractivity contribution in [2.24, 2.45) is 5.73 Å². The molecule has 0 fully saturated rings. The van der Waals surface area contributed by atoms with E-state index in [1.54, 1.807) is 20.8 Å². The van der Waals surface area contributed by atoms with Crippen molar-refractivity contribution in [3.05, 3.63) is 47.2 Å². The molecule has 8 nitrogen and oxygen atoms in total. The number of nitrogens with zero attached hydrogens (tertiary/aromatic N) is 2. The Labute approximate surface area is 182 Å². The zero-order chi connectivity index (χ0) is 23.6. The molecule has 1 aromatic carbocycles. The number of hydrogen-bond acceptors (Lipinski definition) is 7. The van der Waals surface area contributed by atoms with Gasteiger partial charge in [-0.2, -0.15) is 13.2 Å². The van der Waals surface area contributed by atoms with Crippen molar-refractivity contribution < 1.29 is 36.7 Å². The van der Waals surface area contributed by atoms with Crippen LogP contribution in [0.2, 0.25) is 0 Å². The second-order valence-corrected chi connectivity index (χ2v) is 7.16. The summed E-state index contributed by atoms with van der Waals surface area (Å²) < 4.78 is 55.9. The number of rotatable bonds is 5. The molecule has 0 saturated carbocycles. The predicted molar refractivity (Wildman–Crippen MR) is 107 cm³/mol. The molecule has 0 bridgehead atoms. The topological polar surface area (TPSA) is 108 Å². The molecule has 0 spiro atoms. The number of amides is 1.